The summed E-state index contributed by atoms with van der Waals surface area (Å²) in [6, 6.07) is 1.96. The standard InChI is InChI=1S/C15H18N4O3S2/c16-24(21,22)11-4-1-3-10(7-11)13-8-12-14(23-13)15(19-9-18-12)17-5-2-6-20/h1,4,7-10,20H,2-3,5-6H2,(H2,16,21,22)(H,17,18,19). The summed E-state index contributed by atoms with van der Waals surface area (Å²) in [5.74, 6) is 0.680. The third-order valence-electron chi connectivity index (χ3n) is 3.69. The summed E-state index contributed by atoms with van der Waals surface area (Å²) in [6.45, 7) is 0.740. The van der Waals surface area contributed by atoms with Crippen LogP contribution in [0.3, 0.4) is 0 Å². The van der Waals surface area contributed by atoms with Crippen molar-refractivity contribution >= 4 is 37.4 Å². The number of anilines is 1. The number of aromatic nitrogens is 2. The van der Waals surface area contributed by atoms with Gasteiger partial charge in [0.2, 0.25) is 10.0 Å². The van der Waals surface area contributed by atoms with Crippen LogP contribution in [0.15, 0.2) is 35.5 Å². The molecule has 2 heterocycles. The van der Waals surface area contributed by atoms with Gasteiger partial charge in [0, 0.05) is 23.9 Å². The van der Waals surface area contributed by atoms with Gasteiger partial charge in [-0.25, -0.2) is 23.5 Å². The SMILES string of the molecule is NS(=O)(=O)C1=CC(c2cc3ncnc(NCCCO)c3s2)CC=C1. The molecule has 9 heteroatoms. The lowest BCUT2D eigenvalue weighted by Crippen LogP contribution is -2.15. The molecule has 1 aliphatic rings. The summed E-state index contributed by atoms with van der Waals surface area (Å²) in [5, 5.41) is 17.3. The summed E-state index contributed by atoms with van der Waals surface area (Å²) < 4.78 is 24.0. The number of hydrogen-bond acceptors (Lipinski definition) is 7. The Balaban J connectivity index is 1.92. The van der Waals surface area contributed by atoms with E-state index in [0.717, 1.165) is 20.9 Å². The van der Waals surface area contributed by atoms with Crippen molar-refractivity contribution in [3.63, 3.8) is 0 Å². The fourth-order valence-electron chi connectivity index (χ4n) is 2.51. The first-order valence-electron chi connectivity index (χ1n) is 7.49. The van der Waals surface area contributed by atoms with E-state index in [-0.39, 0.29) is 17.4 Å². The smallest absolute Gasteiger partial charge is 0.237 e. The third kappa shape index (κ3) is 3.64. The molecular formula is C15H18N4O3S2. The van der Waals surface area contributed by atoms with Gasteiger partial charge in [0.25, 0.3) is 0 Å². The normalized spacial score (nSPS) is 17.9. The zero-order chi connectivity index (χ0) is 17.2. The molecule has 0 bridgehead atoms. The summed E-state index contributed by atoms with van der Waals surface area (Å²) in [4.78, 5) is 9.69. The van der Waals surface area contributed by atoms with E-state index in [1.165, 1.54) is 17.7 Å². The number of nitrogens with zero attached hydrogens (tertiary/aromatic N) is 2. The molecule has 7 nitrogen and oxygen atoms in total. The maximum Gasteiger partial charge on any atom is 0.237 e. The van der Waals surface area contributed by atoms with Crippen LogP contribution in [-0.4, -0.2) is 36.6 Å². The minimum Gasteiger partial charge on any atom is -0.396 e. The largest absolute Gasteiger partial charge is 0.396 e. The number of aliphatic hydroxyl groups excluding tert-OH is 1. The van der Waals surface area contributed by atoms with Gasteiger partial charge in [-0.15, -0.1) is 11.3 Å². The predicted molar refractivity (Wildman–Crippen MR) is 95.3 cm³/mol. The van der Waals surface area contributed by atoms with Crippen molar-refractivity contribution in [1.82, 2.24) is 9.97 Å². The van der Waals surface area contributed by atoms with E-state index in [9.17, 15) is 8.42 Å². The van der Waals surface area contributed by atoms with Crippen molar-refractivity contribution in [3.05, 3.63) is 40.4 Å². The van der Waals surface area contributed by atoms with Crippen molar-refractivity contribution < 1.29 is 13.5 Å². The van der Waals surface area contributed by atoms with E-state index < -0.39 is 10.0 Å². The van der Waals surface area contributed by atoms with Crippen LogP contribution in [0.5, 0.6) is 0 Å². The monoisotopic (exact) mass is 366 g/mol. The van der Waals surface area contributed by atoms with E-state index in [1.807, 2.05) is 12.1 Å². The molecule has 0 aliphatic heterocycles. The number of nitrogens with two attached hydrogens (primary N) is 1. The summed E-state index contributed by atoms with van der Waals surface area (Å²) >= 11 is 1.54. The second-order valence-electron chi connectivity index (χ2n) is 5.45. The lowest BCUT2D eigenvalue weighted by Gasteiger charge is -2.13. The van der Waals surface area contributed by atoms with Crippen LogP contribution in [0.25, 0.3) is 10.2 Å². The van der Waals surface area contributed by atoms with Gasteiger partial charge in [-0.05, 0) is 25.0 Å². The molecule has 1 unspecified atom stereocenters. The molecule has 2 aromatic heterocycles. The minimum atomic E-state index is -3.71. The first-order chi connectivity index (χ1) is 11.5. The van der Waals surface area contributed by atoms with Crippen LogP contribution in [0, 0.1) is 0 Å². The van der Waals surface area contributed by atoms with Crippen LogP contribution < -0.4 is 10.5 Å². The third-order valence-corrected chi connectivity index (χ3v) is 5.88. The maximum absolute atomic E-state index is 11.5. The predicted octanol–water partition coefficient (Wildman–Crippen LogP) is 1.70. The summed E-state index contributed by atoms with van der Waals surface area (Å²) in [5.41, 5.74) is 0.816. The molecule has 0 saturated carbocycles. The number of hydrogen-bond donors (Lipinski definition) is 3. The molecule has 0 saturated heterocycles. The highest BCUT2D eigenvalue weighted by Crippen LogP contribution is 2.37. The van der Waals surface area contributed by atoms with Gasteiger partial charge < -0.3 is 10.4 Å². The summed E-state index contributed by atoms with van der Waals surface area (Å²) in [7, 11) is -3.71. The molecule has 0 radical (unpaired) electrons. The van der Waals surface area contributed by atoms with Crippen molar-refractivity contribution in [2.24, 2.45) is 5.14 Å². The highest BCUT2D eigenvalue weighted by Gasteiger charge is 2.20. The average Bonchev–Trinajstić information content (AvgIpc) is 2.99. The Morgan fingerprint density at radius 2 is 2.25 bits per heavy atom. The van der Waals surface area contributed by atoms with Gasteiger partial charge in [0.1, 0.15) is 12.1 Å². The molecule has 128 valence electrons. The first kappa shape index (κ1) is 17.0. The van der Waals surface area contributed by atoms with Crippen LogP contribution >= 0.6 is 11.3 Å². The molecular weight excluding hydrogens is 348 g/mol. The van der Waals surface area contributed by atoms with Crippen LogP contribution in [-0.2, 0) is 10.0 Å². The van der Waals surface area contributed by atoms with E-state index in [4.69, 9.17) is 10.2 Å². The number of thiophene rings is 1. The zero-order valence-corrected chi connectivity index (χ0v) is 14.5. The van der Waals surface area contributed by atoms with Gasteiger partial charge in [0.05, 0.1) is 15.1 Å². The lowest BCUT2D eigenvalue weighted by atomic mass is 9.99. The molecule has 2 aromatic rings. The Bertz CT molecular complexity index is 903. The van der Waals surface area contributed by atoms with E-state index in [0.29, 0.717) is 19.4 Å². The molecule has 0 fully saturated rings. The number of primary sulfonamides is 1. The zero-order valence-electron chi connectivity index (χ0n) is 12.8. The topological polar surface area (TPSA) is 118 Å². The van der Waals surface area contributed by atoms with Gasteiger partial charge in [0.15, 0.2) is 0 Å². The Hall–Kier alpha value is -1.81. The molecule has 0 amide bonds. The molecule has 1 atom stereocenters. The van der Waals surface area contributed by atoms with Gasteiger partial charge in [-0.2, -0.15) is 0 Å². The highest BCUT2D eigenvalue weighted by atomic mass is 32.2. The number of allylic oxidation sites excluding steroid dienone is 3. The fourth-order valence-corrected chi connectivity index (χ4v) is 4.31. The van der Waals surface area contributed by atoms with Crippen molar-refractivity contribution in [2.75, 3.05) is 18.5 Å². The Kier molecular flexibility index (Phi) is 4.95. The van der Waals surface area contributed by atoms with Gasteiger partial charge in [-0.3, -0.25) is 0 Å². The van der Waals surface area contributed by atoms with Crippen molar-refractivity contribution in [3.8, 4) is 0 Å². The number of fused-ring (bicyclic) bond motifs is 1. The maximum atomic E-state index is 11.5. The highest BCUT2D eigenvalue weighted by molar-refractivity contribution is 7.93. The van der Waals surface area contributed by atoms with Gasteiger partial charge >= 0.3 is 0 Å². The van der Waals surface area contributed by atoms with Crippen LogP contribution in [0.2, 0.25) is 0 Å². The van der Waals surface area contributed by atoms with Gasteiger partial charge in [-0.1, -0.05) is 12.2 Å². The second-order valence-corrected chi connectivity index (χ2v) is 8.09. The number of rotatable bonds is 6. The number of aliphatic hydroxyl groups is 1. The molecule has 24 heavy (non-hydrogen) atoms. The van der Waals surface area contributed by atoms with E-state index in [1.54, 1.807) is 12.2 Å². The van der Waals surface area contributed by atoms with Crippen LogP contribution in [0.4, 0.5) is 5.82 Å². The van der Waals surface area contributed by atoms with E-state index in [2.05, 4.69) is 15.3 Å². The number of sulfonamides is 1. The number of nitrogens with one attached hydrogen (secondary N) is 1. The quantitative estimate of drug-likeness (QED) is 0.670. The second kappa shape index (κ2) is 6.98. The Morgan fingerprint density at radius 1 is 1.42 bits per heavy atom. The molecule has 1 aliphatic carbocycles. The van der Waals surface area contributed by atoms with Crippen molar-refractivity contribution in [2.45, 2.75) is 18.8 Å². The Morgan fingerprint density at radius 3 is 3.00 bits per heavy atom. The Labute approximate surface area is 144 Å². The minimum absolute atomic E-state index is 0.0483. The average molecular weight is 366 g/mol. The molecule has 0 aromatic carbocycles. The fraction of sp³-hybridized carbons (Fsp3) is 0.333. The lowest BCUT2D eigenvalue weighted by molar-refractivity contribution is 0.292. The first-order valence-corrected chi connectivity index (χ1v) is 9.85. The van der Waals surface area contributed by atoms with E-state index >= 15 is 0 Å². The molecule has 4 N–H and O–H groups in total. The molecule has 0 spiro atoms. The van der Waals surface area contributed by atoms with Crippen LogP contribution in [0.1, 0.15) is 23.6 Å². The molecule has 3 rings (SSSR count). The van der Waals surface area contributed by atoms with Crippen molar-refractivity contribution in [1.29, 1.82) is 0 Å². The summed E-state index contributed by atoms with van der Waals surface area (Å²) in [6.07, 6.45) is 7.89.